The summed E-state index contributed by atoms with van der Waals surface area (Å²) >= 11 is 1.73. The summed E-state index contributed by atoms with van der Waals surface area (Å²) in [5.74, 6) is 2.30. The maximum Gasteiger partial charge on any atom is 0.141 e. The molecule has 0 bridgehead atoms. The van der Waals surface area contributed by atoms with Gasteiger partial charge < -0.3 is 5.73 Å². The van der Waals surface area contributed by atoms with Crippen molar-refractivity contribution >= 4 is 17.6 Å². The maximum absolute atomic E-state index is 5.43. The van der Waals surface area contributed by atoms with Crippen LogP contribution in [0.25, 0.3) is 0 Å². The van der Waals surface area contributed by atoms with Crippen molar-refractivity contribution < 1.29 is 0 Å². The molecule has 0 aliphatic carbocycles. The molecule has 0 fully saturated rings. The fourth-order valence-corrected chi connectivity index (χ4v) is 1.69. The Labute approximate surface area is 83.2 Å². The molecule has 0 amide bonds. The molecule has 0 aliphatic heterocycles. The van der Waals surface area contributed by atoms with Gasteiger partial charge in [0.05, 0.1) is 12.4 Å². The van der Waals surface area contributed by atoms with Crippen LogP contribution in [0.2, 0.25) is 0 Å². The molecule has 13 heavy (non-hydrogen) atoms. The molecule has 1 atom stereocenters. The van der Waals surface area contributed by atoms with Gasteiger partial charge in [-0.3, -0.25) is 0 Å². The maximum atomic E-state index is 5.43. The van der Waals surface area contributed by atoms with Crippen molar-refractivity contribution in [2.24, 2.45) is 5.92 Å². The zero-order valence-electron chi connectivity index (χ0n) is 8.03. The molecule has 0 spiro atoms. The molecule has 0 saturated carbocycles. The van der Waals surface area contributed by atoms with Gasteiger partial charge in [0.2, 0.25) is 0 Å². The van der Waals surface area contributed by atoms with Crippen molar-refractivity contribution in [2.45, 2.75) is 25.3 Å². The van der Waals surface area contributed by atoms with Crippen LogP contribution >= 0.6 is 11.8 Å². The van der Waals surface area contributed by atoms with Crippen LogP contribution in [0.5, 0.6) is 0 Å². The van der Waals surface area contributed by atoms with E-state index < -0.39 is 0 Å². The number of thioether (sulfide) groups is 1. The smallest absolute Gasteiger partial charge is 0.141 e. The molecule has 72 valence electrons. The molecule has 0 saturated heterocycles. The lowest BCUT2D eigenvalue weighted by Crippen LogP contribution is -1.97. The fourth-order valence-electron chi connectivity index (χ4n) is 0.746. The number of hydrogen-bond donors (Lipinski definition) is 1. The topological polar surface area (TPSA) is 51.8 Å². The lowest BCUT2D eigenvalue weighted by atomic mass is 10.2. The molecule has 1 rings (SSSR count). The van der Waals surface area contributed by atoms with Crippen LogP contribution in [0.15, 0.2) is 17.4 Å². The van der Waals surface area contributed by atoms with E-state index in [0.717, 1.165) is 16.7 Å². The van der Waals surface area contributed by atoms with Crippen molar-refractivity contribution in [3.8, 4) is 0 Å². The third-order valence-corrected chi connectivity index (χ3v) is 3.10. The average molecular weight is 197 g/mol. The molecule has 1 aromatic heterocycles. The Morgan fingerprint density at radius 3 is 2.77 bits per heavy atom. The Kier molecular flexibility index (Phi) is 4.02. The molecular formula is C9H15N3S. The Balaban J connectivity index is 2.41. The van der Waals surface area contributed by atoms with Gasteiger partial charge in [0.25, 0.3) is 0 Å². The van der Waals surface area contributed by atoms with Crippen molar-refractivity contribution in [3.05, 3.63) is 12.4 Å². The lowest BCUT2D eigenvalue weighted by molar-refractivity contribution is 0.636. The Morgan fingerprint density at radius 1 is 1.46 bits per heavy atom. The summed E-state index contributed by atoms with van der Waals surface area (Å²) in [6.07, 6.45) is 4.52. The van der Waals surface area contributed by atoms with E-state index in [1.54, 1.807) is 24.2 Å². The molecule has 0 aliphatic rings. The van der Waals surface area contributed by atoms with Crippen molar-refractivity contribution in [2.75, 3.05) is 11.5 Å². The minimum absolute atomic E-state index is 0.480. The Morgan fingerprint density at radius 2 is 2.23 bits per heavy atom. The quantitative estimate of drug-likeness (QED) is 0.752. The summed E-state index contributed by atoms with van der Waals surface area (Å²) < 4.78 is 0. The second-order valence-electron chi connectivity index (χ2n) is 3.10. The molecule has 4 heteroatoms. The molecule has 1 unspecified atom stereocenters. The summed E-state index contributed by atoms with van der Waals surface area (Å²) in [5, 5.41) is 0.953. The third-order valence-electron chi connectivity index (χ3n) is 1.86. The number of anilines is 1. The number of nitrogens with two attached hydrogens (primary N) is 1. The van der Waals surface area contributed by atoms with Gasteiger partial charge in [-0.05, 0) is 5.92 Å². The second kappa shape index (κ2) is 5.07. The van der Waals surface area contributed by atoms with Crippen LogP contribution in [0.1, 0.15) is 20.3 Å². The van der Waals surface area contributed by atoms with Gasteiger partial charge in [-0.1, -0.05) is 20.3 Å². The summed E-state index contributed by atoms with van der Waals surface area (Å²) in [5.41, 5.74) is 5.43. The van der Waals surface area contributed by atoms with Crippen molar-refractivity contribution in [1.29, 1.82) is 0 Å². The molecular weight excluding hydrogens is 182 g/mol. The van der Waals surface area contributed by atoms with E-state index in [0.29, 0.717) is 5.82 Å². The van der Waals surface area contributed by atoms with Gasteiger partial charge in [-0.2, -0.15) is 0 Å². The lowest BCUT2D eigenvalue weighted by Gasteiger charge is -2.06. The largest absolute Gasteiger partial charge is 0.382 e. The molecule has 0 radical (unpaired) electrons. The SMILES string of the molecule is CCC(C)CSc1cnc(N)cn1. The van der Waals surface area contributed by atoms with E-state index in [2.05, 4.69) is 23.8 Å². The first-order valence-electron chi connectivity index (χ1n) is 4.42. The van der Waals surface area contributed by atoms with Crippen molar-refractivity contribution in [3.63, 3.8) is 0 Å². The minimum Gasteiger partial charge on any atom is -0.382 e. The average Bonchev–Trinajstić information content (AvgIpc) is 2.16. The van der Waals surface area contributed by atoms with E-state index in [-0.39, 0.29) is 0 Å². The molecule has 0 aromatic carbocycles. The number of hydrogen-bond acceptors (Lipinski definition) is 4. The van der Waals surface area contributed by atoms with E-state index in [1.807, 2.05) is 0 Å². The number of nitrogens with zero attached hydrogens (tertiary/aromatic N) is 2. The highest BCUT2D eigenvalue weighted by atomic mass is 32.2. The summed E-state index contributed by atoms with van der Waals surface area (Å²) in [7, 11) is 0. The van der Waals surface area contributed by atoms with Gasteiger partial charge in [0.15, 0.2) is 0 Å². The first kappa shape index (κ1) is 10.3. The minimum atomic E-state index is 0.480. The molecule has 3 nitrogen and oxygen atoms in total. The second-order valence-corrected chi connectivity index (χ2v) is 4.14. The number of nitrogen functional groups attached to an aromatic ring is 1. The highest BCUT2D eigenvalue weighted by Crippen LogP contribution is 2.18. The van der Waals surface area contributed by atoms with Crippen LogP contribution in [-0.2, 0) is 0 Å². The predicted molar refractivity (Wildman–Crippen MR) is 56.6 cm³/mol. The monoisotopic (exact) mass is 197 g/mol. The van der Waals surface area contributed by atoms with E-state index >= 15 is 0 Å². The van der Waals surface area contributed by atoms with Gasteiger partial charge in [0.1, 0.15) is 10.8 Å². The van der Waals surface area contributed by atoms with Gasteiger partial charge in [-0.25, -0.2) is 9.97 Å². The highest BCUT2D eigenvalue weighted by molar-refractivity contribution is 7.99. The van der Waals surface area contributed by atoms with Crippen LogP contribution in [0.3, 0.4) is 0 Å². The predicted octanol–water partition coefficient (Wildman–Crippen LogP) is 2.20. The van der Waals surface area contributed by atoms with Crippen LogP contribution in [0, 0.1) is 5.92 Å². The fraction of sp³-hybridized carbons (Fsp3) is 0.556. The number of rotatable bonds is 4. The molecule has 2 N–H and O–H groups in total. The van der Waals surface area contributed by atoms with Crippen LogP contribution in [-0.4, -0.2) is 15.7 Å². The summed E-state index contributed by atoms with van der Waals surface area (Å²) in [6, 6.07) is 0. The first-order chi connectivity index (χ1) is 6.22. The van der Waals surface area contributed by atoms with Gasteiger partial charge in [0, 0.05) is 5.75 Å². The van der Waals surface area contributed by atoms with Gasteiger partial charge in [-0.15, -0.1) is 11.8 Å². The van der Waals surface area contributed by atoms with Crippen LogP contribution < -0.4 is 5.73 Å². The summed E-state index contributed by atoms with van der Waals surface area (Å²) in [6.45, 7) is 4.43. The highest BCUT2D eigenvalue weighted by Gasteiger charge is 2.01. The first-order valence-corrected chi connectivity index (χ1v) is 5.41. The van der Waals surface area contributed by atoms with Crippen molar-refractivity contribution in [1.82, 2.24) is 9.97 Å². The number of aromatic nitrogens is 2. The van der Waals surface area contributed by atoms with E-state index in [9.17, 15) is 0 Å². The van der Waals surface area contributed by atoms with Crippen LogP contribution in [0.4, 0.5) is 5.82 Å². The van der Waals surface area contributed by atoms with E-state index in [4.69, 9.17) is 5.73 Å². The van der Waals surface area contributed by atoms with E-state index in [1.165, 1.54) is 6.42 Å². The molecule has 1 heterocycles. The third kappa shape index (κ3) is 3.63. The Hall–Kier alpha value is -0.770. The normalized spacial score (nSPS) is 12.8. The van der Waals surface area contributed by atoms with Gasteiger partial charge >= 0.3 is 0 Å². The zero-order chi connectivity index (χ0) is 9.68. The zero-order valence-corrected chi connectivity index (χ0v) is 8.84. The Bertz CT molecular complexity index is 248. The summed E-state index contributed by atoms with van der Waals surface area (Å²) in [4.78, 5) is 8.14. The molecule has 1 aromatic rings. The standard InChI is InChI=1S/C9H15N3S/c1-3-7(2)6-13-9-5-11-8(10)4-12-9/h4-5,7H,3,6H2,1-2H3,(H2,10,11).